The fraction of sp³-hybridized carbons (Fsp3) is 0.154. The van der Waals surface area contributed by atoms with Crippen LogP contribution in [0.25, 0.3) is 0 Å². The molecule has 0 unspecified atom stereocenters. The van der Waals surface area contributed by atoms with Crippen molar-refractivity contribution in [1.29, 1.82) is 0 Å². The lowest BCUT2D eigenvalue weighted by Crippen LogP contribution is -2.25. The topological polar surface area (TPSA) is 85.4 Å². The van der Waals surface area contributed by atoms with Gasteiger partial charge in [0.1, 0.15) is 0 Å². The average Bonchev–Trinajstić information content (AvgIpc) is 2.85. The van der Waals surface area contributed by atoms with Crippen LogP contribution in [0, 0.1) is 10.1 Å². The molecule has 1 aromatic carbocycles. The highest BCUT2D eigenvalue weighted by atomic mass is 79.9. The molecule has 6 nitrogen and oxygen atoms in total. The van der Waals surface area contributed by atoms with Crippen molar-refractivity contribution in [2.45, 2.75) is 6.42 Å². The SMILES string of the molecule is O=C(NCCc1ccc([N+](=O)[O-])cc1)c1ccoc1Br. The zero-order valence-corrected chi connectivity index (χ0v) is 11.9. The lowest BCUT2D eigenvalue weighted by Gasteiger charge is -2.04. The Balaban J connectivity index is 1.85. The zero-order chi connectivity index (χ0) is 14.5. The molecule has 2 rings (SSSR count). The van der Waals surface area contributed by atoms with Gasteiger partial charge in [-0.2, -0.15) is 0 Å². The van der Waals surface area contributed by atoms with Crippen molar-refractivity contribution in [3.63, 3.8) is 0 Å². The van der Waals surface area contributed by atoms with Crippen LogP contribution in [0.4, 0.5) is 5.69 Å². The first-order valence-corrected chi connectivity index (χ1v) is 6.62. The number of carbonyl (C=O) groups excluding carboxylic acids is 1. The van der Waals surface area contributed by atoms with Crippen molar-refractivity contribution < 1.29 is 14.1 Å². The molecule has 0 bridgehead atoms. The molecule has 0 aliphatic carbocycles. The van der Waals surface area contributed by atoms with Crippen LogP contribution in [0.3, 0.4) is 0 Å². The van der Waals surface area contributed by atoms with E-state index in [2.05, 4.69) is 21.2 Å². The number of furan rings is 1. The first-order valence-electron chi connectivity index (χ1n) is 5.82. The predicted molar refractivity (Wildman–Crippen MR) is 75.5 cm³/mol. The molecule has 0 radical (unpaired) electrons. The molecule has 1 N–H and O–H groups in total. The van der Waals surface area contributed by atoms with E-state index >= 15 is 0 Å². The molecule has 2 aromatic rings. The van der Waals surface area contributed by atoms with Crippen LogP contribution in [0.5, 0.6) is 0 Å². The number of nitro benzene ring substituents is 1. The summed E-state index contributed by atoms with van der Waals surface area (Å²) in [7, 11) is 0. The molecule has 1 heterocycles. The van der Waals surface area contributed by atoms with E-state index in [4.69, 9.17) is 4.42 Å². The van der Waals surface area contributed by atoms with Crippen LogP contribution >= 0.6 is 15.9 Å². The summed E-state index contributed by atoms with van der Waals surface area (Å²) >= 11 is 3.13. The molecule has 20 heavy (non-hydrogen) atoms. The Labute approximate surface area is 123 Å². The zero-order valence-electron chi connectivity index (χ0n) is 10.3. The molecule has 0 atom stereocenters. The summed E-state index contributed by atoms with van der Waals surface area (Å²) in [4.78, 5) is 21.8. The van der Waals surface area contributed by atoms with E-state index in [1.807, 2.05) is 0 Å². The highest BCUT2D eigenvalue weighted by Crippen LogP contribution is 2.17. The van der Waals surface area contributed by atoms with Crippen molar-refractivity contribution in [3.05, 3.63) is 62.5 Å². The van der Waals surface area contributed by atoms with Gasteiger partial charge in [-0.1, -0.05) is 12.1 Å². The van der Waals surface area contributed by atoms with Crippen LogP contribution in [0.1, 0.15) is 15.9 Å². The second-order valence-corrected chi connectivity index (χ2v) is 4.76. The molecule has 0 aliphatic heterocycles. The van der Waals surface area contributed by atoms with E-state index in [0.29, 0.717) is 23.2 Å². The Hall–Kier alpha value is -2.15. The summed E-state index contributed by atoms with van der Waals surface area (Å²) in [6, 6.07) is 7.83. The fourth-order valence-corrected chi connectivity index (χ4v) is 2.08. The van der Waals surface area contributed by atoms with Gasteiger partial charge in [-0.15, -0.1) is 0 Å². The van der Waals surface area contributed by atoms with Gasteiger partial charge < -0.3 is 9.73 Å². The van der Waals surface area contributed by atoms with E-state index in [9.17, 15) is 14.9 Å². The number of carbonyl (C=O) groups is 1. The number of rotatable bonds is 5. The standard InChI is InChI=1S/C13H11BrN2O4/c14-12-11(6-8-20-12)13(17)15-7-5-9-1-3-10(4-2-9)16(18)19/h1-4,6,8H,5,7H2,(H,15,17). The van der Waals surface area contributed by atoms with Crippen molar-refractivity contribution in [2.24, 2.45) is 0 Å². The average molecular weight is 339 g/mol. The third-order valence-electron chi connectivity index (χ3n) is 2.71. The number of hydrogen-bond acceptors (Lipinski definition) is 4. The van der Waals surface area contributed by atoms with Crippen LogP contribution < -0.4 is 5.32 Å². The van der Waals surface area contributed by atoms with E-state index in [0.717, 1.165) is 5.56 Å². The van der Waals surface area contributed by atoms with Gasteiger partial charge in [0.15, 0.2) is 4.67 Å². The van der Waals surface area contributed by atoms with Gasteiger partial charge in [0, 0.05) is 18.7 Å². The molecular formula is C13H11BrN2O4. The highest BCUT2D eigenvalue weighted by molar-refractivity contribution is 9.10. The number of hydrogen-bond donors (Lipinski definition) is 1. The molecule has 1 aromatic heterocycles. The lowest BCUT2D eigenvalue weighted by atomic mass is 10.1. The second-order valence-electron chi connectivity index (χ2n) is 4.04. The Morgan fingerprint density at radius 3 is 2.55 bits per heavy atom. The summed E-state index contributed by atoms with van der Waals surface area (Å²) in [5.74, 6) is -0.229. The Morgan fingerprint density at radius 2 is 2.00 bits per heavy atom. The van der Waals surface area contributed by atoms with E-state index in [-0.39, 0.29) is 11.6 Å². The molecule has 104 valence electrons. The number of nitrogens with zero attached hydrogens (tertiary/aromatic N) is 1. The molecule has 0 saturated heterocycles. The number of benzene rings is 1. The smallest absolute Gasteiger partial charge is 0.269 e. The number of nitrogens with one attached hydrogen (secondary N) is 1. The summed E-state index contributed by atoms with van der Waals surface area (Å²) in [5, 5.41) is 13.3. The minimum Gasteiger partial charge on any atom is -0.457 e. The van der Waals surface area contributed by atoms with Crippen LogP contribution in [-0.4, -0.2) is 17.4 Å². The molecule has 0 saturated carbocycles. The van der Waals surface area contributed by atoms with Gasteiger partial charge in [0.25, 0.3) is 11.6 Å². The third kappa shape index (κ3) is 3.45. The Bertz CT molecular complexity index is 622. The molecule has 0 fully saturated rings. The predicted octanol–water partition coefficient (Wildman–Crippen LogP) is 2.92. The quantitative estimate of drug-likeness (QED) is 0.670. The van der Waals surface area contributed by atoms with Gasteiger partial charge in [-0.05, 0) is 34.0 Å². The first-order chi connectivity index (χ1) is 9.58. The third-order valence-corrected chi connectivity index (χ3v) is 3.32. The van der Waals surface area contributed by atoms with Crippen LogP contribution in [-0.2, 0) is 6.42 Å². The van der Waals surface area contributed by atoms with E-state index < -0.39 is 4.92 Å². The van der Waals surface area contributed by atoms with Crippen molar-refractivity contribution in [3.8, 4) is 0 Å². The Morgan fingerprint density at radius 1 is 1.30 bits per heavy atom. The monoisotopic (exact) mass is 338 g/mol. The van der Waals surface area contributed by atoms with Gasteiger partial charge in [-0.3, -0.25) is 14.9 Å². The van der Waals surface area contributed by atoms with Gasteiger partial charge in [0.2, 0.25) is 0 Å². The van der Waals surface area contributed by atoms with Crippen molar-refractivity contribution in [2.75, 3.05) is 6.54 Å². The normalized spacial score (nSPS) is 10.2. The van der Waals surface area contributed by atoms with E-state index in [1.54, 1.807) is 18.2 Å². The minimum absolute atomic E-state index is 0.0557. The summed E-state index contributed by atoms with van der Waals surface area (Å²) < 4.78 is 5.37. The summed E-state index contributed by atoms with van der Waals surface area (Å²) in [6.07, 6.45) is 2.02. The number of halogens is 1. The van der Waals surface area contributed by atoms with Crippen LogP contribution in [0.15, 0.2) is 45.7 Å². The fourth-order valence-electron chi connectivity index (χ4n) is 1.66. The second kappa shape index (κ2) is 6.33. The van der Waals surface area contributed by atoms with Gasteiger partial charge in [-0.25, -0.2) is 0 Å². The first kappa shape index (κ1) is 14.3. The number of nitro groups is 1. The lowest BCUT2D eigenvalue weighted by molar-refractivity contribution is -0.384. The number of amides is 1. The van der Waals surface area contributed by atoms with Crippen molar-refractivity contribution in [1.82, 2.24) is 5.32 Å². The summed E-state index contributed by atoms with van der Waals surface area (Å²) in [5.41, 5.74) is 1.41. The summed E-state index contributed by atoms with van der Waals surface area (Å²) in [6.45, 7) is 0.439. The molecule has 0 spiro atoms. The maximum atomic E-state index is 11.8. The Kier molecular flexibility index (Phi) is 4.52. The molecular weight excluding hydrogens is 328 g/mol. The van der Waals surface area contributed by atoms with Gasteiger partial charge >= 0.3 is 0 Å². The van der Waals surface area contributed by atoms with Gasteiger partial charge in [0.05, 0.1) is 16.7 Å². The minimum atomic E-state index is -0.442. The molecule has 7 heteroatoms. The van der Waals surface area contributed by atoms with E-state index in [1.165, 1.54) is 18.4 Å². The van der Waals surface area contributed by atoms with Crippen molar-refractivity contribution >= 4 is 27.5 Å². The van der Waals surface area contributed by atoms with Crippen LogP contribution in [0.2, 0.25) is 0 Å². The largest absolute Gasteiger partial charge is 0.457 e. The molecule has 1 amide bonds. The highest BCUT2D eigenvalue weighted by Gasteiger charge is 2.11. The number of non-ortho nitro benzene ring substituents is 1. The maximum absolute atomic E-state index is 11.8. The maximum Gasteiger partial charge on any atom is 0.269 e. The molecule has 0 aliphatic rings.